The van der Waals surface area contributed by atoms with E-state index in [1.54, 1.807) is 18.1 Å². The lowest BCUT2D eigenvalue weighted by molar-refractivity contribution is -0.141. The van der Waals surface area contributed by atoms with E-state index in [2.05, 4.69) is 0 Å². The molecule has 1 N–H and O–H groups in total. The number of likely N-dealkylation sites (tertiary alicyclic amines) is 1. The second kappa shape index (κ2) is 9.12. The highest BCUT2D eigenvalue weighted by Gasteiger charge is 2.34. The van der Waals surface area contributed by atoms with E-state index in [1.165, 1.54) is 0 Å². The number of carboxylic acid groups (broad SMARTS) is 1. The average molecular weight is 385 g/mol. The van der Waals surface area contributed by atoms with E-state index in [1.807, 2.05) is 42.5 Å². The third-order valence-electron chi connectivity index (χ3n) is 4.52. The van der Waals surface area contributed by atoms with Crippen LogP contribution in [-0.2, 0) is 16.1 Å². The number of ether oxygens (including phenoxy) is 3. The number of carbonyl (C=O) groups excluding carboxylic acids is 1. The largest absolute Gasteiger partial charge is 0.493 e. The van der Waals surface area contributed by atoms with Crippen LogP contribution in [0.2, 0.25) is 0 Å². The van der Waals surface area contributed by atoms with Gasteiger partial charge in [-0.05, 0) is 29.8 Å². The van der Waals surface area contributed by atoms with Crippen LogP contribution in [0.25, 0.3) is 0 Å². The molecule has 28 heavy (non-hydrogen) atoms. The fourth-order valence-corrected chi connectivity index (χ4v) is 3.07. The molecule has 3 rings (SSSR count). The number of rotatable bonds is 9. The van der Waals surface area contributed by atoms with E-state index >= 15 is 0 Å². The third-order valence-corrected chi connectivity index (χ3v) is 4.52. The predicted octanol–water partition coefficient (Wildman–Crippen LogP) is 2.59. The van der Waals surface area contributed by atoms with Gasteiger partial charge in [-0.3, -0.25) is 9.59 Å². The summed E-state index contributed by atoms with van der Waals surface area (Å²) in [6.45, 7) is 1.27. The minimum Gasteiger partial charge on any atom is -0.493 e. The molecular weight excluding hydrogens is 362 g/mol. The normalized spacial score (nSPS) is 16.1. The Hall–Kier alpha value is -3.22. The molecule has 1 unspecified atom stereocenters. The van der Waals surface area contributed by atoms with Crippen LogP contribution in [0, 0.1) is 5.92 Å². The Morgan fingerprint density at radius 2 is 1.86 bits per heavy atom. The summed E-state index contributed by atoms with van der Waals surface area (Å²) in [4.78, 5) is 24.7. The van der Waals surface area contributed by atoms with Crippen molar-refractivity contribution in [3.8, 4) is 17.2 Å². The van der Waals surface area contributed by atoms with Gasteiger partial charge in [0, 0.05) is 19.5 Å². The third kappa shape index (κ3) is 4.94. The topological polar surface area (TPSA) is 85.3 Å². The summed E-state index contributed by atoms with van der Waals surface area (Å²) in [7, 11) is 1.56. The molecule has 0 aromatic heterocycles. The van der Waals surface area contributed by atoms with Crippen LogP contribution in [0.1, 0.15) is 12.0 Å². The van der Waals surface area contributed by atoms with Crippen molar-refractivity contribution < 1.29 is 28.9 Å². The molecule has 1 heterocycles. The molecule has 0 aliphatic carbocycles. The smallest absolute Gasteiger partial charge is 0.308 e. The number of amides is 1. The maximum Gasteiger partial charge on any atom is 0.308 e. The minimum absolute atomic E-state index is 0.0473. The summed E-state index contributed by atoms with van der Waals surface area (Å²) in [6.07, 6.45) is 0.0473. The molecule has 148 valence electrons. The van der Waals surface area contributed by atoms with Gasteiger partial charge in [-0.25, -0.2) is 0 Å². The van der Waals surface area contributed by atoms with Crippen LogP contribution in [0.4, 0.5) is 0 Å². The Labute approximate surface area is 163 Å². The summed E-state index contributed by atoms with van der Waals surface area (Å²) < 4.78 is 16.7. The number of para-hydroxylation sites is 1. The molecule has 1 aliphatic rings. The fourth-order valence-electron chi connectivity index (χ4n) is 3.07. The standard InChI is InChI=1S/C21H23NO6/c1-26-18-8-7-15(13-22-14-16(21(24)25)12-20(22)23)11-19(18)28-10-9-27-17-5-3-2-4-6-17/h2-8,11,16H,9-10,12-14H2,1H3,(H,24,25). The first-order valence-electron chi connectivity index (χ1n) is 9.05. The number of carbonyl (C=O) groups is 2. The predicted molar refractivity (Wildman–Crippen MR) is 102 cm³/mol. The highest BCUT2D eigenvalue weighted by atomic mass is 16.5. The van der Waals surface area contributed by atoms with E-state index in [0.29, 0.717) is 31.3 Å². The van der Waals surface area contributed by atoms with Crippen LogP contribution < -0.4 is 14.2 Å². The van der Waals surface area contributed by atoms with Crippen molar-refractivity contribution >= 4 is 11.9 Å². The van der Waals surface area contributed by atoms with E-state index in [4.69, 9.17) is 19.3 Å². The summed E-state index contributed by atoms with van der Waals surface area (Å²) in [5, 5.41) is 9.10. The highest BCUT2D eigenvalue weighted by molar-refractivity contribution is 5.86. The Bertz CT molecular complexity index is 823. The van der Waals surface area contributed by atoms with Gasteiger partial charge in [0.25, 0.3) is 0 Å². The van der Waals surface area contributed by atoms with Gasteiger partial charge in [0.2, 0.25) is 5.91 Å². The van der Waals surface area contributed by atoms with Crippen molar-refractivity contribution in [2.45, 2.75) is 13.0 Å². The van der Waals surface area contributed by atoms with Crippen molar-refractivity contribution in [3.63, 3.8) is 0 Å². The van der Waals surface area contributed by atoms with Gasteiger partial charge in [-0.1, -0.05) is 24.3 Å². The SMILES string of the molecule is COc1ccc(CN2CC(C(=O)O)CC2=O)cc1OCCOc1ccccc1. The number of carboxylic acids is 1. The van der Waals surface area contributed by atoms with Crippen LogP contribution in [-0.4, -0.2) is 48.8 Å². The molecule has 0 radical (unpaired) electrons. The number of hydrogen-bond acceptors (Lipinski definition) is 5. The molecule has 1 aliphatic heterocycles. The number of benzene rings is 2. The van der Waals surface area contributed by atoms with Crippen LogP contribution in [0.5, 0.6) is 17.2 Å². The zero-order valence-corrected chi connectivity index (χ0v) is 15.7. The molecule has 1 saturated heterocycles. The monoisotopic (exact) mass is 385 g/mol. The van der Waals surface area contributed by atoms with Crippen LogP contribution in [0.3, 0.4) is 0 Å². The molecule has 1 atom stereocenters. The molecule has 7 heteroatoms. The van der Waals surface area contributed by atoms with Gasteiger partial charge < -0.3 is 24.2 Å². The Morgan fingerprint density at radius 3 is 2.54 bits per heavy atom. The molecule has 1 fully saturated rings. The van der Waals surface area contributed by atoms with Crippen molar-refractivity contribution in [3.05, 3.63) is 54.1 Å². The summed E-state index contributed by atoms with van der Waals surface area (Å²) >= 11 is 0. The van der Waals surface area contributed by atoms with E-state index < -0.39 is 11.9 Å². The van der Waals surface area contributed by atoms with Crippen molar-refractivity contribution in [1.82, 2.24) is 4.90 Å². The first-order chi connectivity index (χ1) is 13.6. The molecule has 2 aromatic carbocycles. The quantitative estimate of drug-likeness (QED) is 0.668. The summed E-state index contributed by atoms with van der Waals surface area (Å²) in [5.41, 5.74) is 0.846. The first-order valence-corrected chi connectivity index (χ1v) is 9.05. The van der Waals surface area contributed by atoms with Crippen LogP contribution in [0.15, 0.2) is 48.5 Å². The van der Waals surface area contributed by atoms with Gasteiger partial charge in [0.05, 0.1) is 13.0 Å². The van der Waals surface area contributed by atoms with Crippen molar-refractivity contribution in [2.24, 2.45) is 5.92 Å². The lowest BCUT2D eigenvalue weighted by atomic mass is 10.1. The van der Waals surface area contributed by atoms with E-state index in [9.17, 15) is 9.59 Å². The van der Waals surface area contributed by atoms with Gasteiger partial charge in [-0.2, -0.15) is 0 Å². The number of nitrogens with zero attached hydrogens (tertiary/aromatic N) is 1. The summed E-state index contributed by atoms with van der Waals surface area (Å²) in [6, 6.07) is 14.9. The first kappa shape index (κ1) is 19.5. The van der Waals surface area contributed by atoms with E-state index in [0.717, 1.165) is 11.3 Å². The van der Waals surface area contributed by atoms with Gasteiger partial charge in [0.15, 0.2) is 11.5 Å². The molecular formula is C21H23NO6. The van der Waals surface area contributed by atoms with E-state index in [-0.39, 0.29) is 18.9 Å². The lowest BCUT2D eigenvalue weighted by Crippen LogP contribution is -2.25. The van der Waals surface area contributed by atoms with Crippen molar-refractivity contribution in [2.75, 3.05) is 26.9 Å². The Kier molecular flexibility index (Phi) is 6.37. The molecule has 2 aromatic rings. The molecule has 1 amide bonds. The summed E-state index contributed by atoms with van der Waals surface area (Å²) in [5.74, 6) is 0.177. The van der Waals surface area contributed by atoms with Crippen molar-refractivity contribution in [1.29, 1.82) is 0 Å². The molecule has 0 saturated carbocycles. The van der Waals surface area contributed by atoms with Crippen LogP contribution >= 0.6 is 0 Å². The zero-order chi connectivity index (χ0) is 19.9. The van der Waals surface area contributed by atoms with Gasteiger partial charge in [-0.15, -0.1) is 0 Å². The highest BCUT2D eigenvalue weighted by Crippen LogP contribution is 2.29. The minimum atomic E-state index is -0.937. The molecule has 7 nitrogen and oxygen atoms in total. The Balaban J connectivity index is 1.58. The number of aliphatic carboxylic acids is 1. The van der Waals surface area contributed by atoms with Gasteiger partial charge >= 0.3 is 5.97 Å². The lowest BCUT2D eigenvalue weighted by Gasteiger charge is -2.18. The second-order valence-electron chi connectivity index (χ2n) is 6.51. The average Bonchev–Trinajstić information content (AvgIpc) is 3.07. The van der Waals surface area contributed by atoms with Gasteiger partial charge in [0.1, 0.15) is 19.0 Å². The maximum absolute atomic E-state index is 12.0. The second-order valence-corrected chi connectivity index (χ2v) is 6.51. The fraction of sp³-hybridized carbons (Fsp3) is 0.333. The number of hydrogen-bond donors (Lipinski definition) is 1. The Morgan fingerprint density at radius 1 is 1.11 bits per heavy atom. The number of methoxy groups -OCH3 is 1. The molecule has 0 bridgehead atoms. The molecule has 0 spiro atoms. The maximum atomic E-state index is 12.0. The zero-order valence-electron chi connectivity index (χ0n) is 15.7.